The fraction of sp³-hybridized carbons (Fsp3) is 0.0714. The summed E-state index contributed by atoms with van der Waals surface area (Å²) >= 11 is 7.78. The molecule has 0 unspecified atom stereocenters. The van der Waals surface area contributed by atoms with E-state index in [1.54, 1.807) is 12.1 Å². The number of halogens is 2. The Morgan fingerprint density at radius 2 is 2.05 bits per heavy atom. The molecule has 1 heterocycles. The topological polar surface area (TPSA) is 79.3 Å². The van der Waals surface area contributed by atoms with E-state index in [0.717, 1.165) is 20.7 Å². The molecule has 1 aromatic carbocycles. The number of carboxylic acids is 1. The lowest BCUT2D eigenvalue weighted by molar-refractivity contribution is -0.113. The molecule has 2 aromatic rings. The molecule has 1 amide bonds. The maximum Gasteiger partial charge on any atom is 0.338 e. The van der Waals surface area contributed by atoms with Gasteiger partial charge in [0.1, 0.15) is 5.03 Å². The highest BCUT2D eigenvalue weighted by molar-refractivity contribution is 9.11. The lowest BCUT2D eigenvalue weighted by Crippen LogP contribution is -2.15. The molecule has 114 valence electrons. The van der Waals surface area contributed by atoms with Gasteiger partial charge in [-0.3, -0.25) is 4.79 Å². The Morgan fingerprint density at radius 1 is 1.27 bits per heavy atom. The van der Waals surface area contributed by atoms with Crippen molar-refractivity contribution in [3.05, 3.63) is 51.0 Å². The lowest BCUT2D eigenvalue weighted by atomic mass is 10.3. The number of hydrogen-bond donors (Lipinski definition) is 2. The van der Waals surface area contributed by atoms with Gasteiger partial charge in [0.05, 0.1) is 17.0 Å². The summed E-state index contributed by atoms with van der Waals surface area (Å²) < 4.78 is 1.65. The predicted molar refractivity (Wildman–Crippen MR) is 92.4 cm³/mol. The number of amides is 1. The van der Waals surface area contributed by atoms with Crippen LogP contribution in [0.5, 0.6) is 0 Å². The molecule has 0 spiro atoms. The molecule has 0 aliphatic carbocycles. The number of pyridine rings is 1. The van der Waals surface area contributed by atoms with Crippen molar-refractivity contribution in [2.24, 2.45) is 0 Å². The van der Waals surface area contributed by atoms with Crippen molar-refractivity contribution in [2.75, 3.05) is 11.1 Å². The van der Waals surface area contributed by atoms with E-state index >= 15 is 0 Å². The minimum atomic E-state index is -1.06. The molecule has 0 radical (unpaired) electrons. The average Bonchev–Trinajstić information content (AvgIpc) is 2.48. The first kappa shape index (κ1) is 17.0. The summed E-state index contributed by atoms with van der Waals surface area (Å²) in [7, 11) is 0. The van der Waals surface area contributed by atoms with Crippen molar-refractivity contribution in [1.82, 2.24) is 4.98 Å². The standard InChI is InChI=1S/C14H10Br2N2O3S/c15-8-3-4-11(10(16)6-8)18-12(19)7-22-13-9(14(20)21)2-1-5-17-13/h1-6H,7H2,(H,18,19)(H,20,21). The number of benzene rings is 1. The maximum atomic E-state index is 12.0. The number of aromatic nitrogens is 1. The van der Waals surface area contributed by atoms with Gasteiger partial charge < -0.3 is 10.4 Å². The third-order valence-corrected chi connectivity index (χ3v) is 4.70. The Labute approximate surface area is 147 Å². The zero-order chi connectivity index (χ0) is 16.1. The molecular weight excluding hydrogens is 436 g/mol. The minimum absolute atomic E-state index is 0.0692. The molecule has 0 atom stereocenters. The molecule has 5 nitrogen and oxygen atoms in total. The number of nitrogens with one attached hydrogen (secondary N) is 1. The lowest BCUT2D eigenvalue weighted by Gasteiger charge is -2.08. The zero-order valence-corrected chi connectivity index (χ0v) is 15.0. The van der Waals surface area contributed by atoms with E-state index < -0.39 is 5.97 Å². The van der Waals surface area contributed by atoms with Crippen molar-refractivity contribution in [3.8, 4) is 0 Å². The summed E-state index contributed by atoms with van der Waals surface area (Å²) in [6.07, 6.45) is 1.50. The van der Waals surface area contributed by atoms with Gasteiger partial charge in [-0.15, -0.1) is 0 Å². The number of carbonyl (C=O) groups excluding carboxylic acids is 1. The summed E-state index contributed by atoms with van der Waals surface area (Å²) in [4.78, 5) is 27.0. The largest absolute Gasteiger partial charge is 0.478 e. The van der Waals surface area contributed by atoms with Crippen molar-refractivity contribution >= 4 is 61.2 Å². The second-order valence-electron chi connectivity index (χ2n) is 4.12. The fourth-order valence-corrected chi connectivity index (χ4v) is 3.51. The molecule has 0 bridgehead atoms. The molecule has 0 aliphatic rings. The van der Waals surface area contributed by atoms with Crippen LogP contribution in [0.3, 0.4) is 0 Å². The first-order valence-electron chi connectivity index (χ1n) is 6.03. The summed E-state index contributed by atoms with van der Waals surface area (Å²) in [5, 5.41) is 12.1. The monoisotopic (exact) mass is 444 g/mol. The number of hydrogen-bond acceptors (Lipinski definition) is 4. The maximum absolute atomic E-state index is 12.0. The van der Waals surface area contributed by atoms with Crippen LogP contribution in [0, 0.1) is 0 Å². The highest BCUT2D eigenvalue weighted by atomic mass is 79.9. The molecule has 0 saturated heterocycles. The number of rotatable bonds is 5. The van der Waals surface area contributed by atoms with Crippen molar-refractivity contribution < 1.29 is 14.7 Å². The molecule has 0 aliphatic heterocycles. The fourth-order valence-electron chi connectivity index (χ4n) is 1.58. The highest BCUT2D eigenvalue weighted by Crippen LogP contribution is 2.27. The highest BCUT2D eigenvalue weighted by Gasteiger charge is 2.13. The van der Waals surface area contributed by atoms with E-state index in [-0.39, 0.29) is 17.2 Å². The SMILES string of the molecule is O=C(CSc1ncccc1C(=O)O)Nc1ccc(Br)cc1Br. The second-order valence-corrected chi connectivity index (χ2v) is 6.86. The summed E-state index contributed by atoms with van der Waals surface area (Å²) in [5.74, 6) is -1.23. The molecule has 0 saturated carbocycles. The van der Waals surface area contributed by atoms with Gasteiger partial charge in [-0.2, -0.15) is 0 Å². The van der Waals surface area contributed by atoms with Crippen molar-refractivity contribution in [1.29, 1.82) is 0 Å². The summed E-state index contributed by atoms with van der Waals surface area (Å²) in [5.41, 5.74) is 0.735. The van der Waals surface area contributed by atoms with Crippen LogP contribution in [0.1, 0.15) is 10.4 Å². The smallest absolute Gasteiger partial charge is 0.338 e. The molecule has 2 N–H and O–H groups in total. The van der Waals surface area contributed by atoms with Crippen molar-refractivity contribution in [2.45, 2.75) is 5.03 Å². The van der Waals surface area contributed by atoms with E-state index in [9.17, 15) is 9.59 Å². The van der Waals surface area contributed by atoms with Crippen LogP contribution in [0.15, 0.2) is 50.5 Å². The quantitative estimate of drug-likeness (QED) is 0.679. The number of anilines is 1. The minimum Gasteiger partial charge on any atom is -0.478 e. The van der Waals surface area contributed by atoms with Gasteiger partial charge >= 0.3 is 5.97 Å². The summed E-state index contributed by atoms with van der Waals surface area (Å²) in [6, 6.07) is 8.41. The molecule has 0 fully saturated rings. The van der Waals surface area contributed by atoms with E-state index in [1.807, 2.05) is 12.1 Å². The summed E-state index contributed by atoms with van der Waals surface area (Å²) in [6.45, 7) is 0. The number of carbonyl (C=O) groups is 2. The molecule has 1 aromatic heterocycles. The Bertz CT molecular complexity index is 725. The van der Waals surface area contributed by atoms with Gasteiger partial charge in [-0.1, -0.05) is 27.7 Å². The van der Waals surface area contributed by atoms with Crippen LogP contribution in [0.4, 0.5) is 5.69 Å². The number of carboxylic acid groups (broad SMARTS) is 1. The van der Waals surface area contributed by atoms with Gasteiger partial charge in [0.25, 0.3) is 0 Å². The Morgan fingerprint density at radius 3 is 2.73 bits per heavy atom. The molecule has 2 rings (SSSR count). The van der Waals surface area contributed by atoms with Gasteiger partial charge in [-0.25, -0.2) is 9.78 Å². The van der Waals surface area contributed by atoms with Crippen LogP contribution >= 0.6 is 43.6 Å². The normalized spacial score (nSPS) is 10.3. The Balaban J connectivity index is 2.00. The molecule has 8 heteroatoms. The van der Waals surface area contributed by atoms with Gasteiger partial charge in [0.15, 0.2) is 0 Å². The molecule has 22 heavy (non-hydrogen) atoms. The van der Waals surface area contributed by atoms with Crippen LogP contribution in [0.25, 0.3) is 0 Å². The van der Waals surface area contributed by atoms with Crippen LogP contribution in [0.2, 0.25) is 0 Å². The van der Waals surface area contributed by atoms with Crippen LogP contribution < -0.4 is 5.32 Å². The Kier molecular flexibility index (Phi) is 5.98. The van der Waals surface area contributed by atoms with Gasteiger partial charge in [0, 0.05) is 15.1 Å². The third-order valence-electron chi connectivity index (χ3n) is 2.55. The van der Waals surface area contributed by atoms with Crippen LogP contribution in [-0.4, -0.2) is 27.7 Å². The number of aromatic carboxylic acids is 1. The third kappa shape index (κ3) is 4.56. The second kappa shape index (κ2) is 7.75. The van der Waals surface area contributed by atoms with E-state index in [4.69, 9.17) is 5.11 Å². The first-order valence-corrected chi connectivity index (χ1v) is 8.60. The van der Waals surface area contributed by atoms with E-state index in [0.29, 0.717) is 10.7 Å². The Hall–Kier alpha value is -1.38. The van der Waals surface area contributed by atoms with Gasteiger partial charge in [0.2, 0.25) is 5.91 Å². The van der Waals surface area contributed by atoms with E-state index in [1.165, 1.54) is 12.3 Å². The molecular formula is C14H10Br2N2O3S. The average molecular weight is 446 g/mol. The predicted octanol–water partition coefficient (Wildman–Crippen LogP) is 4.04. The van der Waals surface area contributed by atoms with Gasteiger partial charge in [-0.05, 0) is 46.3 Å². The zero-order valence-electron chi connectivity index (χ0n) is 11.0. The van der Waals surface area contributed by atoms with Crippen LogP contribution in [-0.2, 0) is 4.79 Å². The van der Waals surface area contributed by atoms with E-state index in [2.05, 4.69) is 42.2 Å². The van der Waals surface area contributed by atoms with Crippen molar-refractivity contribution in [3.63, 3.8) is 0 Å². The number of nitrogens with zero attached hydrogens (tertiary/aromatic N) is 1. The number of thioether (sulfide) groups is 1. The first-order chi connectivity index (χ1) is 10.5.